The molecule has 0 aliphatic heterocycles. The lowest BCUT2D eigenvalue weighted by molar-refractivity contribution is 0.0245. The van der Waals surface area contributed by atoms with E-state index in [-0.39, 0.29) is 6.42 Å². The standard InChI is InChI=1S/C5H12FO6P/c6-4(3-7)5(8)1-2-12-13(9,10)11/h4-5,7-8H,1-3H2,(H2,9,10,11)/t4-,5-/m1/s1. The average Bonchev–Trinajstić information content (AvgIpc) is 2.00. The van der Waals surface area contributed by atoms with Crippen molar-refractivity contribution in [3.05, 3.63) is 0 Å². The van der Waals surface area contributed by atoms with Gasteiger partial charge in [-0.3, -0.25) is 4.52 Å². The van der Waals surface area contributed by atoms with Crippen LogP contribution in [0.3, 0.4) is 0 Å². The van der Waals surface area contributed by atoms with Crippen LogP contribution in [-0.2, 0) is 9.09 Å². The molecule has 0 aromatic heterocycles. The van der Waals surface area contributed by atoms with E-state index in [0.717, 1.165) is 0 Å². The molecule has 0 aromatic rings. The van der Waals surface area contributed by atoms with E-state index in [1.165, 1.54) is 0 Å². The molecule has 0 unspecified atom stereocenters. The van der Waals surface area contributed by atoms with Crippen molar-refractivity contribution in [3.63, 3.8) is 0 Å². The lowest BCUT2D eigenvalue weighted by Crippen LogP contribution is -2.26. The SMILES string of the molecule is O=P(O)(O)OCC[C@@H](O)[C@H](F)CO. The van der Waals surface area contributed by atoms with Gasteiger partial charge in [-0.05, 0) is 0 Å². The number of phosphoric ester groups is 1. The van der Waals surface area contributed by atoms with Crippen molar-refractivity contribution in [1.82, 2.24) is 0 Å². The van der Waals surface area contributed by atoms with Crippen LogP contribution >= 0.6 is 7.82 Å². The highest BCUT2D eigenvalue weighted by molar-refractivity contribution is 7.46. The highest BCUT2D eigenvalue weighted by Crippen LogP contribution is 2.35. The number of hydrogen-bond acceptors (Lipinski definition) is 4. The second-order valence-corrected chi connectivity index (χ2v) is 3.62. The minimum absolute atomic E-state index is 0.285. The van der Waals surface area contributed by atoms with Crippen molar-refractivity contribution in [2.24, 2.45) is 0 Å². The molecule has 6 nitrogen and oxygen atoms in total. The van der Waals surface area contributed by atoms with Gasteiger partial charge in [0.05, 0.1) is 19.3 Å². The first-order chi connectivity index (χ1) is 5.87. The van der Waals surface area contributed by atoms with Crippen LogP contribution in [0.2, 0.25) is 0 Å². The Morgan fingerprint density at radius 2 is 2.00 bits per heavy atom. The number of aliphatic hydroxyl groups excluding tert-OH is 2. The maximum Gasteiger partial charge on any atom is 0.469 e. The van der Waals surface area contributed by atoms with Crippen molar-refractivity contribution in [2.75, 3.05) is 13.2 Å². The Morgan fingerprint density at radius 3 is 2.38 bits per heavy atom. The van der Waals surface area contributed by atoms with Gasteiger partial charge in [-0.25, -0.2) is 8.96 Å². The van der Waals surface area contributed by atoms with E-state index in [9.17, 15) is 8.96 Å². The minimum Gasteiger partial charge on any atom is -0.393 e. The van der Waals surface area contributed by atoms with E-state index in [0.29, 0.717) is 0 Å². The van der Waals surface area contributed by atoms with E-state index in [4.69, 9.17) is 20.0 Å². The Labute approximate surface area is 74.2 Å². The molecule has 0 bridgehead atoms. The van der Waals surface area contributed by atoms with Crippen molar-refractivity contribution in [2.45, 2.75) is 18.7 Å². The van der Waals surface area contributed by atoms with E-state index >= 15 is 0 Å². The Hall–Kier alpha value is -0.0400. The Bertz CT molecular complexity index is 182. The van der Waals surface area contributed by atoms with Gasteiger partial charge in [0.15, 0.2) is 0 Å². The van der Waals surface area contributed by atoms with Crippen LogP contribution in [0.1, 0.15) is 6.42 Å². The first kappa shape index (κ1) is 13.0. The number of hydrogen-bond donors (Lipinski definition) is 4. The third-order valence-corrected chi connectivity index (χ3v) is 1.78. The molecule has 4 N–H and O–H groups in total. The second-order valence-electron chi connectivity index (χ2n) is 2.38. The first-order valence-electron chi connectivity index (χ1n) is 3.50. The van der Waals surface area contributed by atoms with Gasteiger partial charge in [0.25, 0.3) is 0 Å². The lowest BCUT2D eigenvalue weighted by Gasteiger charge is -2.13. The van der Waals surface area contributed by atoms with Crippen molar-refractivity contribution < 1.29 is 33.5 Å². The quantitative estimate of drug-likeness (QED) is 0.434. The molecule has 0 aliphatic rings. The zero-order valence-electron chi connectivity index (χ0n) is 6.71. The highest BCUT2D eigenvalue weighted by Gasteiger charge is 2.19. The summed E-state index contributed by atoms with van der Waals surface area (Å²) in [5.41, 5.74) is 0. The van der Waals surface area contributed by atoms with Gasteiger partial charge in [0.1, 0.15) is 6.17 Å². The monoisotopic (exact) mass is 218 g/mol. The smallest absolute Gasteiger partial charge is 0.393 e. The summed E-state index contributed by atoms with van der Waals surface area (Å²) in [5.74, 6) is 0. The normalized spacial score (nSPS) is 17.0. The maximum atomic E-state index is 12.4. The third kappa shape index (κ3) is 7.06. The van der Waals surface area contributed by atoms with Crippen molar-refractivity contribution in [3.8, 4) is 0 Å². The van der Waals surface area contributed by atoms with Gasteiger partial charge in [0, 0.05) is 6.42 Å². The van der Waals surface area contributed by atoms with Crippen LogP contribution in [-0.4, -0.2) is 45.5 Å². The fraction of sp³-hybridized carbons (Fsp3) is 1.00. The molecule has 0 radical (unpaired) electrons. The van der Waals surface area contributed by atoms with Crippen molar-refractivity contribution >= 4 is 7.82 Å². The molecule has 0 amide bonds. The molecule has 0 fully saturated rings. The zero-order chi connectivity index (χ0) is 10.5. The molecule has 80 valence electrons. The minimum atomic E-state index is -4.56. The van der Waals surface area contributed by atoms with Gasteiger partial charge in [0.2, 0.25) is 0 Å². The van der Waals surface area contributed by atoms with Gasteiger partial charge in [-0.15, -0.1) is 0 Å². The Kier molecular flexibility index (Phi) is 5.62. The van der Waals surface area contributed by atoms with Crippen LogP contribution in [0, 0.1) is 0 Å². The largest absolute Gasteiger partial charge is 0.469 e. The molecule has 0 rings (SSSR count). The van der Waals surface area contributed by atoms with E-state index in [1.807, 2.05) is 0 Å². The Morgan fingerprint density at radius 1 is 1.46 bits per heavy atom. The summed E-state index contributed by atoms with van der Waals surface area (Å²) < 4.78 is 26.4. The first-order valence-corrected chi connectivity index (χ1v) is 5.03. The van der Waals surface area contributed by atoms with Crippen LogP contribution in [0.25, 0.3) is 0 Å². The molecule has 0 saturated heterocycles. The van der Waals surface area contributed by atoms with Crippen molar-refractivity contribution in [1.29, 1.82) is 0 Å². The molecular formula is C5H12FO6P. The summed E-state index contributed by atoms with van der Waals surface area (Å²) in [4.78, 5) is 16.4. The number of rotatable bonds is 6. The zero-order valence-corrected chi connectivity index (χ0v) is 7.60. The van der Waals surface area contributed by atoms with Crippen LogP contribution in [0.15, 0.2) is 0 Å². The van der Waals surface area contributed by atoms with Gasteiger partial charge in [-0.2, -0.15) is 0 Å². The third-order valence-electron chi connectivity index (χ3n) is 1.27. The van der Waals surface area contributed by atoms with Crippen LogP contribution in [0.4, 0.5) is 4.39 Å². The predicted octanol–water partition coefficient (Wildman–Crippen LogP) is -0.823. The highest BCUT2D eigenvalue weighted by atomic mass is 31.2. The molecule has 8 heteroatoms. The molecule has 2 atom stereocenters. The summed E-state index contributed by atoms with van der Waals surface area (Å²) in [6.45, 7) is -1.30. The molecule has 13 heavy (non-hydrogen) atoms. The Balaban J connectivity index is 3.59. The number of phosphoric acid groups is 1. The van der Waals surface area contributed by atoms with Gasteiger partial charge >= 0.3 is 7.82 Å². The second kappa shape index (κ2) is 5.64. The summed E-state index contributed by atoms with van der Waals surface area (Å²) in [7, 11) is -4.56. The van der Waals surface area contributed by atoms with Gasteiger partial charge < -0.3 is 20.0 Å². The summed E-state index contributed by atoms with van der Waals surface area (Å²) in [6.07, 6.45) is -3.58. The fourth-order valence-electron chi connectivity index (χ4n) is 0.595. The summed E-state index contributed by atoms with van der Waals surface area (Å²) in [6, 6.07) is 0. The van der Waals surface area contributed by atoms with E-state index in [1.54, 1.807) is 0 Å². The molecule has 0 spiro atoms. The number of aliphatic hydroxyl groups is 2. The average molecular weight is 218 g/mol. The molecule has 0 aromatic carbocycles. The van der Waals surface area contributed by atoms with E-state index < -0.39 is 33.3 Å². The lowest BCUT2D eigenvalue weighted by atomic mass is 10.2. The molecule has 0 saturated carbocycles. The number of halogens is 1. The van der Waals surface area contributed by atoms with Crippen LogP contribution in [0.5, 0.6) is 0 Å². The topological polar surface area (TPSA) is 107 Å². The molecule has 0 heterocycles. The molecular weight excluding hydrogens is 206 g/mol. The van der Waals surface area contributed by atoms with E-state index in [2.05, 4.69) is 4.52 Å². The van der Waals surface area contributed by atoms with Crippen LogP contribution < -0.4 is 0 Å². The molecule has 0 aliphatic carbocycles. The number of alkyl halides is 1. The predicted molar refractivity (Wildman–Crippen MR) is 40.6 cm³/mol. The fourth-order valence-corrected chi connectivity index (χ4v) is 0.938. The summed E-state index contributed by atoms with van der Waals surface area (Å²) in [5, 5.41) is 17.1. The summed E-state index contributed by atoms with van der Waals surface area (Å²) >= 11 is 0. The maximum absolute atomic E-state index is 12.4. The van der Waals surface area contributed by atoms with Gasteiger partial charge in [-0.1, -0.05) is 0 Å².